The smallest absolute Gasteiger partial charge is 0.331 e. The van der Waals surface area contributed by atoms with E-state index in [0.29, 0.717) is 35.7 Å². The highest BCUT2D eigenvalue weighted by atomic mass is 35.5. The number of aromatic nitrogens is 3. The van der Waals surface area contributed by atoms with Crippen molar-refractivity contribution >= 4 is 46.1 Å². The van der Waals surface area contributed by atoms with E-state index >= 15 is 0 Å². The van der Waals surface area contributed by atoms with E-state index in [9.17, 15) is 23.7 Å². The number of benzene rings is 2. The monoisotopic (exact) mass is 635 g/mol. The number of rotatable bonds is 10. The van der Waals surface area contributed by atoms with Gasteiger partial charge in [-0.2, -0.15) is 0 Å². The number of halogens is 1. The molecular weight excluding hydrogens is 606 g/mol. The Morgan fingerprint density at radius 1 is 1.07 bits per heavy atom. The number of nitrogens with zero attached hydrogens (tertiary/aromatic N) is 3. The Kier molecular flexibility index (Phi) is 9.52. The second kappa shape index (κ2) is 13.5. The standard InChI is InChI=1S/C31H30ClN5O6S/c1-43-25-7-5-6-23(28(25)32)24-17-36(31(41)37(30(24)40)12-13-44(2)42)18-27(38)34-22-10-9-19-14-21(15-20(19)16-22)29(39)35-26-8-3-4-11-33-26/h3-11,16-17,21H,12-15,18H2,1-2H3,(H,34,38)(H,33,35,39). The number of anilines is 2. The normalized spacial score (nSPS) is 14.5. The molecule has 0 bridgehead atoms. The van der Waals surface area contributed by atoms with E-state index in [-0.39, 0.29) is 34.7 Å². The zero-order chi connectivity index (χ0) is 31.4. The highest BCUT2D eigenvalue weighted by Gasteiger charge is 2.28. The molecule has 0 aliphatic heterocycles. The summed E-state index contributed by atoms with van der Waals surface area (Å²) >= 11 is 5.24. The summed E-state index contributed by atoms with van der Waals surface area (Å²) in [6.45, 7) is -0.493. The number of carbonyl (C=O) groups excluding carboxylic acids is 2. The lowest BCUT2D eigenvalue weighted by Gasteiger charge is -2.15. The van der Waals surface area contributed by atoms with E-state index < -0.39 is 34.9 Å². The molecule has 5 rings (SSSR count). The lowest BCUT2D eigenvalue weighted by Crippen LogP contribution is -2.43. The third kappa shape index (κ3) is 6.88. The fraction of sp³-hybridized carbons (Fsp3) is 0.258. The molecule has 0 fully saturated rings. The van der Waals surface area contributed by atoms with Crippen molar-refractivity contribution < 1.29 is 18.9 Å². The minimum atomic E-state index is -1.26. The van der Waals surface area contributed by atoms with E-state index in [2.05, 4.69) is 15.6 Å². The molecule has 11 nitrogen and oxygen atoms in total. The number of pyridine rings is 1. The Morgan fingerprint density at radius 2 is 1.86 bits per heavy atom. The van der Waals surface area contributed by atoms with Gasteiger partial charge in [0.2, 0.25) is 11.8 Å². The van der Waals surface area contributed by atoms with Crippen molar-refractivity contribution in [3.8, 4) is 16.9 Å². The Balaban J connectivity index is 1.36. The Bertz CT molecular complexity index is 1820. The number of ether oxygens (including phenoxy) is 1. The van der Waals surface area contributed by atoms with Gasteiger partial charge in [0, 0.05) is 29.6 Å². The maximum Gasteiger partial charge on any atom is 0.331 e. The van der Waals surface area contributed by atoms with Crippen LogP contribution in [0.5, 0.6) is 5.75 Å². The number of hydrogen-bond acceptors (Lipinski definition) is 7. The molecule has 0 saturated heterocycles. The lowest BCUT2D eigenvalue weighted by atomic mass is 10.1. The zero-order valence-electron chi connectivity index (χ0n) is 24.0. The predicted molar refractivity (Wildman–Crippen MR) is 170 cm³/mol. The van der Waals surface area contributed by atoms with Gasteiger partial charge in [-0.1, -0.05) is 47.0 Å². The molecule has 13 heteroatoms. The molecule has 0 saturated carbocycles. The second-order valence-corrected chi connectivity index (χ2v) is 12.3. The van der Waals surface area contributed by atoms with Crippen LogP contribution >= 0.6 is 11.6 Å². The molecule has 2 unspecified atom stereocenters. The first-order valence-corrected chi connectivity index (χ1v) is 15.9. The molecule has 0 radical (unpaired) electrons. The fourth-order valence-corrected chi connectivity index (χ4v) is 5.89. The van der Waals surface area contributed by atoms with Gasteiger partial charge < -0.3 is 19.9 Å². The largest absolute Gasteiger partial charge is 0.617 e. The number of nitrogens with one attached hydrogen (secondary N) is 2. The average Bonchev–Trinajstić information content (AvgIpc) is 3.43. The van der Waals surface area contributed by atoms with Gasteiger partial charge in [-0.05, 0) is 54.3 Å². The van der Waals surface area contributed by atoms with Crippen LogP contribution in [0.25, 0.3) is 11.1 Å². The van der Waals surface area contributed by atoms with Gasteiger partial charge in [-0.15, -0.1) is 0 Å². The summed E-state index contributed by atoms with van der Waals surface area (Å²) in [4.78, 5) is 56.8. The van der Waals surface area contributed by atoms with Gasteiger partial charge in [0.05, 0.1) is 30.5 Å². The third-order valence-corrected chi connectivity index (χ3v) is 8.48. The quantitative estimate of drug-likeness (QED) is 0.255. The van der Waals surface area contributed by atoms with E-state index in [4.69, 9.17) is 16.3 Å². The maximum absolute atomic E-state index is 13.4. The van der Waals surface area contributed by atoms with Crippen molar-refractivity contribution in [3.05, 3.63) is 104 Å². The predicted octanol–water partition coefficient (Wildman–Crippen LogP) is 3.10. The van der Waals surface area contributed by atoms with Gasteiger partial charge >= 0.3 is 5.69 Å². The highest BCUT2D eigenvalue weighted by Crippen LogP contribution is 2.33. The van der Waals surface area contributed by atoms with E-state index in [0.717, 1.165) is 20.3 Å². The number of fused-ring (bicyclic) bond motifs is 1. The SMILES string of the molecule is COc1cccc(-c2cn(CC(=O)Nc3ccc4c(c3)CC(C(=O)Nc3ccccn3)C4)c(=O)n(CC[S+](C)[O-])c2=O)c1Cl. The molecule has 2 atom stereocenters. The van der Waals surface area contributed by atoms with Crippen LogP contribution in [-0.2, 0) is 46.7 Å². The van der Waals surface area contributed by atoms with E-state index in [1.54, 1.807) is 48.7 Å². The summed E-state index contributed by atoms with van der Waals surface area (Å²) in [6, 6.07) is 15.7. The number of carbonyl (C=O) groups is 2. The summed E-state index contributed by atoms with van der Waals surface area (Å²) in [5, 5.41) is 5.83. The maximum atomic E-state index is 13.4. The molecule has 228 valence electrons. The molecule has 4 aromatic rings. The van der Waals surface area contributed by atoms with Crippen LogP contribution in [0.2, 0.25) is 5.02 Å². The number of amides is 2. The van der Waals surface area contributed by atoms with Crippen molar-refractivity contribution in [1.82, 2.24) is 14.1 Å². The van der Waals surface area contributed by atoms with Crippen molar-refractivity contribution in [2.45, 2.75) is 25.9 Å². The summed E-state index contributed by atoms with van der Waals surface area (Å²) in [5.41, 5.74) is 1.56. The highest BCUT2D eigenvalue weighted by molar-refractivity contribution is 7.90. The lowest BCUT2D eigenvalue weighted by molar-refractivity contribution is -0.119. The summed E-state index contributed by atoms with van der Waals surface area (Å²) in [5.74, 6) is 0.0143. The van der Waals surface area contributed by atoms with Crippen LogP contribution in [0.3, 0.4) is 0 Å². The zero-order valence-corrected chi connectivity index (χ0v) is 25.6. The van der Waals surface area contributed by atoms with Crippen LogP contribution in [0.4, 0.5) is 11.5 Å². The first-order valence-electron chi connectivity index (χ1n) is 13.7. The molecule has 2 amide bonds. The second-order valence-electron chi connectivity index (χ2n) is 10.4. The number of hydrogen-bond donors (Lipinski definition) is 2. The van der Waals surface area contributed by atoms with E-state index in [1.807, 2.05) is 12.1 Å². The van der Waals surface area contributed by atoms with Crippen LogP contribution in [0.15, 0.2) is 76.6 Å². The first kappa shape index (κ1) is 31.0. The minimum absolute atomic E-state index is 0.0760. The van der Waals surface area contributed by atoms with Crippen molar-refractivity contribution in [1.29, 1.82) is 0 Å². The van der Waals surface area contributed by atoms with Gasteiger partial charge in [-0.25, -0.2) is 9.78 Å². The summed E-state index contributed by atoms with van der Waals surface area (Å²) in [7, 11) is 1.45. The molecular formula is C31H30ClN5O6S. The van der Waals surface area contributed by atoms with Crippen molar-refractivity contribution in [2.75, 3.05) is 29.8 Å². The first-order chi connectivity index (χ1) is 21.1. The van der Waals surface area contributed by atoms with Crippen molar-refractivity contribution in [3.63, 3.8) is 0 Å². The Hall–Kier alpha value is -4.39. The van der Waals surface area contributed by atoms with Crippen LogP contribution in [0, 0.1) is 5.92 Å². The van der Waals surface area contributed by atoms with Crippen LogP contribution in [-0.4, -0.2) is 49.6 Å². The topological polar surface area (TPSA) is 147 Å². The Labute approximate surface area is 261 Å². The summed E-state index contributed by atoms with van der Waals surface area (Å²) < 4.78 is 19.2. The van der Waals surface area contributed by atoms with E-state index in [1.165, 1.54) is 19.6 Å². The minimum Gasteiger partial charge on any atom is -0.617 e. The van der Waals surface area contributed by atoms with Crippen LogP contribution in [0.1, 0.15) is 11.1 Å². The Morgan fingerprint density at radius 3 is 2.59 bits per heavy atom. The fourth-order valence-electron chi connectivity index (χ4n) is 5.15. The van der Waals surface area contributed by atoms with Gasteiger partial charge in [0.1, 0.15) is 23.9 Å². The molecule has 2 heterocycles. The van der Waals surface area contributed by atoms with Gasteiger partial charge in [0.15, 0.2) is 0 Å². The number of methoxy groups -OCH3 is 1. The molecule has 1 aliphatic rings. The average molecular weight is 636 g/mol. The molecule has 1 aliphatic carbocycles. The summed E-state index contributed by atoms with van der Waals surface area (Å²) in [6.07, 6.45) is 5.46. The van der Waals surface area contributed by atoms with Gasteiger partial charge in [0.25, 0.3) is 5.56 Å². The molecule has 2 aromatic heterocycles. The van der Waals surface area contributed by atoms with Crippen LogP contribution < -0.4 is 26.6 Å². The third-order valence-electron chi connectivity index (χ3n) is 7.34. The molecule has 0 spiro atoms. The molecule has 2 aromatic carbocycles. The van der Waals surface area contributed by atoms with Gasteiger partial charge in [-0.3, -0.25) is 23.5 Å². The van der Waals surface area contributed by atoms with Crippen molar-refractivity contribution in [2.24, 2.45) is 5.92 Å². The molecule has 2 N–H and O–H groups in total. The molecule has 44 heavy (non-hydrogen) atoms.